The maximum atomic E-state index is 13.1. The minimum Gasteiger partial charge on any atom is -0.335 e. The first-order chi connectivity index (χ1) is 12.1. The van der Waals surface area contributed by atoms with Gasteiger partial charge in [-0.2, -0.15) is 0 Å². The Bertz CT molecular complexity index is 804. The van der Waals surface area contributed by atoms with E-state index in [4.69, 9.17) is 0 Å². The molecule has 2 saturated heterocycles. The molecular weight excluding hydrogens is 320 g/mol. The summed E-state index contributed by atoms with van der Waals surface area (Å²) in [5.41, 5.74) is 0.317. The van der Waals surface area contributed by atoms with E-state index in [1.165, 1.54) is 11.0 Å². The van der Waals surface area contributed by atoms with Gasteiger partial charge in [0.25, 0.3) is 5.91 Å². The van der Waals surface area contributed by atoms with Gasteiger partial charge in [-0.1, -0.05) is 0 Å². The predicted molar refractivity (Wildman–Crippen MR) is 89.8 cm³/mol. The summed E-state index contributed by atoms with van der Waals surface area (Å²) in [6.45, 7) is 1.73. The number of nitrogens with zero attached hydrogens (tertiary/aromatic N) is 6. The van der Waals surface area contributed by atoms with Crippen molar-refractivity contribution < 1.29 is 9.59 Å². The third-order valence-electron chi connectivity index (χ3n) is 5.13. The molecule has 2 aromatic heterocycles. The summed E-state index contributed by atoms with van der Waals surface area (Å²) < 4.78 is 1.51. The summed E-state index contributed by atoms with van der Waals surface area (Å²) in [7, 11) is 1.73. The molecular formula is C17H20N6O2. The second-order valence-electron chi connectivity index (χ2n) is 6.77. The number of aryl methyl sites for hydroxylation is 1. The van der Waals surface area contributed by atoms with E-state index >= 15 is 0 Å². The molecule has 8 heteroatoms. The molecule has 4 rings (SSSR count). The van der Waals surface area contributed by atoms with Crippen LogP contribution in [0, 0.1) is 5.41 Å². The minimum atomic E-state index is -0.501. The van der Waals surface area contributed by atoms with E-state index in [2.05, 4.69) is 15.1 Å². The Morgan fingerprint density at radius 2 is 2.16 bits per heavy atom. The number of amides is 2. The van der Waals surface area contributed by atoms with Crippen molar-refractivity contribution in [3.05, 3.63) is 36.7 Å². The summed E-state index contributed by atoms with van der Waals surface area (Å²) in [5.74, 6) is 0.0772. The lowest BCUT2D eigenvalue weighted by atomic mass is 9.78. The fourth-order valence-corrected chi connectivity index (χ4v) is 3.84. The Morgan fingerprint density at radius 3 is 2.88 bits per heavy atom. The molecule has 8 nitrogen and oxygen atoms in total. The molecule has 1 spiro atoms. The van der Waals surface area contributed by atoms with Gasteiger partial charge in [0, 0.05) is 32.9 Å². The van der Waals surface area contributed by atoms with Crippen molar-refractivity contribution in [3.8, 4) is 0 Å². The highest BCUT2D eigenvalue weighted by atomic mass is 16.2. The fraction of sp³-hybridized carbons (Fsp3) is 0.471. The van der Waals surface area contributed by atoms with Gasteiger partial charge in [0.15, 0.2) is 0 Å². The summed E-state index contributed by atoms with van der Waals surface area (Å²) in [6, 6.07) is 3.73. The molecule has 1 atom stereocenters. The van der Waals surface area contributed by atoms with E-state index < -0.39 is 5.41 Å². The highest BCUT2D eigenvalue weighted by Gasteiger charge is 2.50. The molecule has 0 unspecified atom stereocenters. The van der Waals surface area contributed by atoms with E-state index in [0.717, 1.165) is 24.9 Å². The van der Waals surface area contributed by atoms with Gasteiger partial charge in [0.2, 0.25) is 11.7 Å². The largest absolute Gasteiger partial charge is 0.335 e. The lowest BCUT2D eigenvalue weighted by Crippen LogP contribution is -2.50. The molecule has 0 N–H and O–H groups in total. The Labute approximate surface area is 145 Å². The van der Waals surface area contributed by atoms with Crippen LogP contribution in [0.5, 0.6) is 0 Å². The summed E-state index contributed by atoms with van der Waals surface area (Å²) >= 11 is 0. The third kappa shape index (κ3) is 2.67. The van der Waals surface area contributed by atoms with Crippen LogP contribution in [0.2, 0.25) is 0 Å². The topological polar surface area (TPSA) is 84.2 Å². The highest BCUT2D eigenvalue weighted by molar-refractivity contribution is 6.00. The van der Waals surface area contributed by atoms with Crippen molar-refractivity contribution in [2.24, 2.45) is 12.5 Å². The van der Waals surface area contributed by atoms with Gasteiger partial charge in [-0.25, -0.2) is 4.98 Å². The Balaban J connectivity index is 1.54. The average molecular weight is 340 g/mol. The molecule has 4 heterocycles. The maximum absolute atomic E-state index is 13.1. The van der Waals surface area contributed by atoms with Crippen molar-refractivity contribution >= 4 is 17.5 Å². The number of hydrogen-bond acceptors (Lipinski definition) is 5. The molecule has 0 saturated carbocycles. The molecule has 0 bridgehead atoms. The number of carbonyl (C=O) groups excluding carboxylic acids is 2. The second-order valence-corrected chi connectivity index (χ2v) is 6.77. The number of rotatable bonds is 2. The van der Waals surface area contributed by atoms with Crippen molar-refractivity contribution in [2.45, 2.75) is 19.3 Å². The SMILES string of the molecule is Cn1cnc(C(=O)N2CCC[C@]3(CCN(c4cccnc4)C3=O)C2)n1. The van der Waals surface area contributed by atoms with Gasteiger partial charge in [0.1, 0.15) is 6.33 Å². The molecule has 2 aromatic rings. The van der Waals surface area contributed by atoms with Gasteiger partial charge in [0.05, 0.1) is 17.3 Å². The first-order valence-electron chi connectivity index (χ1n) is 8.46. The Hall–Kier alpha value is -2.77. The predicted octanol–water partition coefficient (Wildman–Crippen LogP) is 0.869. The number of piperidine rings is 1. The van der Waals surface area contributed by atoms with Crippen LogP contribution in [-0.2, 0) is 11.8 Å². The molecule has 0 aliphatic carbocycles. The van der Waals surface area contributed by atoms with Gasteiger partial charge in [-0.05, 0) is 31.4 Å². The van der Waals surface area contributed by atoms with Crippen LogP contribution in [0.15, 0.2) is 30.9 Å². The Morgan fingerprint density at radius 1 is 1.28 bits per heavy atom. The molecule has 2 aliphatic heterocycles. The monoisotopic (exact) mass is 340 g/mol. The van der Waals surface area contributed by atoms with Crippen LogP contribution in [0.25, 0.3) is 0 Å². The van der Waals surface area contributed by atoms with Crippen LogP contribution < -0.4 is 4.90 Å². The molecule has 0 radical (unpaired) electrons. The molecule has 2 aliphatic rings. The van der Waals surface area contributed by atoms with Gasteiger partial charge < -0.3 is 9.80 Å². The number of hydrogen-bond donors (Lipinski definition) is 0. The van der Waals surface area contributed by atoms with E-state index in [1.807, 2.05) is 12.1 Å². The van der Waals surface area contributed by atoms with Gasteiger partial charge in [-0.15, -0.1) is 5.10 Å². The van der Waals surface area contributed by atoms with Gasteiger partial charge >= 0.3 is 0 Å². The summed E-state index contributed by atoms with van der Waals surface area (Å²) in [6.07, 6.45) is 7.28. The normalized spacial score (nSPS) is 23.5. The summed E-state index contributed by atoms with van der Waals surface area (Å²) in [5, 5.41) is 4.09. The smallest absolute Gasteiger partial charge is 0.293 e. The van der Waals surface area contributed by atoms with Crippen LogP contribution >= 0.6 is 0 Å². The summed E-state index contributed by atoms with van der Waals surface area (Å²) in [4.78, 5) is 37.4. The molecule has 130 valence electrons. The van der Waals surface area contributed by atoms with Crippen LogP contribution in [0.1, 0.15) is 29.9 Å². The Kier molecular flexibility index (Phi) is 3.74. The maximum Gasteiger partial charge on any atom is 0.293 e. The lowest BCUT2D eigenvalue weighted by Gasteiger charge is -2.38. The fourth-order valence-electron chi connectivity index (χ4n) is 3.84. The van der Waals surface area contributed by atoms with E-state index in [0.29, 0.717) is 19.6 Å². The lowest BCUT2D eigenvalue weighted by molar-refractivity contribution is -0.127. The van der Waals surface area contributed by atoms with E-state index in [9.17, 15) is 9.59 Å². The first kappa shape index (κ1) is 15.7. The number of carbonyl (C=O) groups is 2. The number of likely N-dealkylation sites (tertiary alicyclic amines) is 1. The second kappa shape index (κ2) is 5.94. The highest BCUT2D eigenvalue weighted by Crippen LogP contribution is 2.41. The van der Waals surface area contributed by atoms with Crippen LogP contribution in [0.4, 0.5) is 5.69 Å². The molecule has 0 aromatic carbocycles. The zero-order valence-corrected chi connectivity index (χ0v) is 14.1. The quantitative estimate of drug-likeness (QED) is 0.810. The van der Waals surface area contributed by atoms with Crippen LogP contribution in [-0.4, -0.2) is 56.1 Å². The van der Waals surface area contributed by atoms with E-state index in [-0.39, 0.29) is 17.6 Å². The average Bonchev–Trinajstić information content (AvgIpc) is 3.20. The number of pyridine rings is 1. The zero-order valence-electron chi connectivity index (χ0n) is 14.1. The third-order valence-corrected chi connectivity index (χ3v) is 5.13. The zero-order chi connectivity index (χ0) is 17.4. The van der Waals surface area contributed by atoms with E-state index in [1.54, 1.807) is 29.2 Å². The number of aromatic nitrogens is 4. The first-order valence-corrected chi connectivity index (χ1v) is 8.46. The van der Waals surface area contributed by atoms with Crippen molar-refractivity contribution in [2.75, 3.05) is 24.5 Å². The van der Waals surface area contributed by atoms with Crippen molar-refractivity contribution in [1.29, 1.82) is 0 Å². The standard InChI is InChI=1S/C17H20N6O2/c1-21-12-19-14(20-21)15(24)22-8-3-5-17(11-22)6-9-23(16(17)25)13-4-2-7-18-10-13/h2,4,7,10,12H,3,5-6,8-9,11H2,1H3/t17-/m0/s1. The van der Waals surface area contributed by atoms with Crippen LogP contribution in [0.3, 0.4) is 0 Å². The van der Waals surface area contributed by atoms with Crippen molar-refractivity contribution in [3.63, 3.8) is 0 Å². The molecule has 2 fully saturated rings. The minimum absolute atomic E-state index is 0.0898. The number of anilines is 1. The molecule has 2 amide bonds. The molecule has 25 heavy (non-hydrogen) atoms. The van der Waals surface area contributed by atoms with Crippen molar-refractivity contribution in [1.82, 2.24) is 24.6 Å². The van der Waals surface area contributed by atoms with Gasteiger partial charge in [-0.3, -0.25) is 19.3 Å².